The monoisotopic (exact) mass is 237 g/mol. The van der Waals surface area contributed by atoms with Crippen molar-refractivity contribution in [3.05, 3.63) is 21.9 Å². The number of rotatable bonds is 6. The Morgan fingerprint density at radius 2 is 2.00 bits per heavy atom. The molecule has 0 bridgehead atoms. The van der Waals surface area contributed by atoms with Crippen molar-refractivity contribution < 1.29 is 0 Å². The number of likely N-dealkylation sites (N-methyl/N-ethyl adjacent to an activating group) is 1. The number of nitrogens with one attached hydrogen (secondary N) is 1. The van der Waals surface area contributed by atoms with Gasteiger partial charge in [0.05, 0.1) is 0 Å². The molecule has 1 saturated carbocycles. The quantitative estimate of drug-likeness (QED) is 0.796. The summed E-state index contributed by atoms with van der Waals surface area (Å²) in [6.07, 6.45) is 5.19. The molecule has 1 aromatic rings. The topological polar surface area (TPSA) is 12.0 Å². The molecule has 0 amide bonds. The molecule has 16 heavy (non-hydrogen) atoms. The second kappa shape index (κ2) is 4.89. The number of hydrogen-bond acceptors (Lipinski definition) is 2. The first kappa shape index (κ1) is 12.1. The summed E-state index contributed by atoms with van der Waals surface area (Å²) in [7, 11) is 0. The summed E-state index contributed by atoms with van der Waals surface area (Å²) in [4.78, 5) is 3.07. The lowest BCUT2D eigenvalue weighted by Gasteiger charge is -2.23. The maximum Gasteiger partial charge on any atom is 0.0169 e. The highest BCUT2D eigenvalue weighted by Gasteiger charge is 2.44. The Morgan fingerprint density at radius 1 is 1.31 bits per heavy atom. The van der Waals surface area contributed by atoms with Crippen LogP contribution in [0.5, 0.6) is 0 Å². The predicted molar refractivity (Wildman–Crippen MR) is 72.2 cm³/mol. The van der Waals surface area contributed by atoms with Gasteiger partial charge in [0.2, 0.25) is 0 Å². The molecule has 1 aromatic heterocycles. The lowest BCUT2D eigenvalue weighted by Crippen LogP contribution is -2.37. The van der Waals surface area contributed by atoms with Crippen LogP contribution >= 0.6 is 11.3 Å². The van der Waals surface area contributed by atoms with Gasteiger partial charge in [0, 0.05) is 15.8 Å². The van der Waals surface area contributed by atoms with Crippen LogP contribution in [0, 0.1) is 5.41 Å². The molecule has 1 N–H and O–H groups in total. The smallest absolute Gasteiger partial charge is 0.0169 e. The van der Waals surface area contributed by atoms with E-state index >= 15 is 0 Å². The maximum atomic E-state index is 3.67. The van der Waals surface area contributed by atoms with E-state index in [1.807, 2.05) is 11.3 Å². The lowest BCUT2D eigenvalue weighted by atomic mass is 9.95. The molecule has 0 radical (unpaired) electrons. The molecular formula is C14H23NS. The summed E-state index contributed by atoms with van der Waals surface area (Å²) in [5, 5.41) is 3.67. The summed E-state index contributed by atoms with van der Waals surface area (Å²) >= 11 is 1.99. The molecule has 1 aliphatic rings. The van der Waals surface area contributed by atoms with Crippen LogP contribution in [0.3, 0.4) is 0 Å². The van der Waals surface area contributed by atoms with Gasteiger partial charge in [-0.3, -0.25) is 0 Å². The first-order valence-corrected chi connectivity index (χ1v) is 7.30. The highest BCUT2D eigenvalue weighted by molar-refractivity contribution is 7.11. The molecule has 1 aliphatic carbocycles. The average molecular weight is 237 g/mol. The minimum Gasteiger partial charge on any atom is -0.313 e. The van der Waals surface area contributed by atoms with Crippen molar-refractivity contribution in [2.24, 2.45) is 5.41 Å². The molecule has 1 unspecified atom stereocenters. The van der Waals surface area contributed by atoms with Crippen LogP contribution in [0.15, 0.2) is 12.1 Å². The van der Waals surface area contributed by atoms with Crippen LogP contribution in [0.2, 0.25) is 0 Å². The Kier molecular flexibility index (Phi) is 3.70. The van der Waals surface area contributed by atoms with Crippen LogP contribution in [0.1, 0.15) is 43.4 Å². The third-order valence-corrected chi connectivity index (χ3v) is 5.05. The molecule has 0 aromatic carbocycles. The fraction of sp³-hybridized carbons (Fsp3) is 0.714. The van der Waals surface area contributed by atoms with Gasteiger partial charge in [-0.05, 0) is 49.8 Å². The summed E-state index contributed by atoms with van der Waals surface area (Å²) in [5.74, 6) is 0. The predicted octanol–water partition coefficient (Wildman–Crippen LogP) is 3.63. The van der Waals surface area contributed by atoms with Gasteiger partial charge in [-0.1, -0.05) is 20.8 Å². The molecule has 0 aliphatic heterocycles. The normalized spacial score (nSPS) is 19.7. The Morgan fingerprint density at radius 3 is 2.50 bits per heavy atom. The van der Waals surface area contributed by atoms with E-state index in [4.69, 9.17) is 0 Å². The third kappa shape index (κ3) is 2.67. The van der Waals surface area contributed by atoms with Gasteiger partial charge in [-0.2, -0.15) is 0 Å². The molecule has 2 heteroatoms. The molecule has 1 fully saturated rings. The van der Waals surface area contributed by atoms with Crippen LogP contribution in [-0.2, 0) is 12.8 Å². The maximum absolute atomic E-state index is 3.67. The van der Waals surface area contributed by atoms with Crippen LogP contribution < -0.4 is 5.32 Å². The molecule has 1 heterocycles. The van der Waals surface area contributed by atoms with Crippen molar-refractivity contribution in [3.63, 3.8) is 0 Å². The molecule has 1 nitrogen and oxygen atoms in total. The lowest BCUT2D eigenvalue weighted by molar-refractivity contribution is 0.362. The van der Waals surface area contributed by atoms with E-state index in [1.165, 1.54) is 30.6 Å². The molecule has 0 spiro atoms. The fourth-order valence-corrected chi connectivity index (χ4v) is 3.28. The van der Waals surface area contributed by atoms with E-state index in [9.17, 15) is 0 Å². The van der Waals surface area contributed by atoms with Gasteiger partial charge in [0.1, 0.15) is 0 Å². The van der Waals surface area contributed by atoms with Gasteiger partial charge in [0.15, 0.2) is 0 Å². The van der Waals surface area contributed by atoms with Crippen LogP contribution in [-0.4, -0.2) is 12.6 Å². The van der Waals surface area contributed by atoms with E-state index < -0.39 is 0 Å². The summed E-state index contributed by atoms with van der Waals surface area (Å²) in [5.41, 5.74) is 0.576. The SMILES string of the molecule is CCNC(Cc1ccc(CC)s1)C1(C)CC1. The average Bonchev–Trinajstić information content (AvgIpc) is 2.87. The summed E-state index contributed by atoms with van der Waals surface area (Å²) in [6, 6.07) is 5.29. The number of hydrogen-bond donors (Lipinski definition) is 1. The van der Waals surface area contributed by atoms with Crippen molar-refractivity contribution in [1.82, 2.24) is 5.32 Å². The van der Waals surface area contributed by atoms with Crippen molar-refractivity contribution in [3.8, 4) is 0 Å². The van der Waals surface area contributed by atoms with Gasteiger partial charge >= 0.3 is 0 Å². The summed E-state index contributed by atoms with van der Waals surface area (Å²) in [6.45, 7) is 7.96. The fourth-order valence-electron chi connectivity index (χ4n) is 2.28. The van der Waals surface area contributed by atoms with Gasteiger partial charge < -0.3 is 5.32 Å². The Bertz CT molecular complexity index is 338. The largest absolute Gasteiger partial charge is 0.313 e. The van der Waals surface area contributed by atoms with E-state index in [0.29, 0.717) is 11.5 Å². The van der Waals surface area contributed by atoms with Crippen molar-refractivity contribution in [2.45, 2.75) is 52.5 Å². The molecular weight excluding hydrogens is 214 g/mol. The standard InChI is InChI=1S/C14H23NS/c1-4-11-6-7-12(16-11)10-13(15-5-2)14(3)8-9-14/h6-7,13,15H,4-5,8-10H2,1-3H3. The summed E-state index contributed by atoms with van der Waals surface area (Å²) < 4.78 is 0. The van der Waals surface area contributed by atoms with Crippen LogP contribution in [0.4, 0.5) is 0 Å². The Hall–Kier alpha value is -0.340. The highest BCUT2D eigenvalue weighted by Crippen LogP contribution is 2.49. The number of aryl methyl sites for hydroxylation is 1. The third-order valence-electron chi connectivity index (χ3n) is 3.80. The molecule has 2 rings (SSSR count). The second-order valence-electron chi connectivity index (χ2n) is 5.19. The zero-order valence-electron chi connectivity index (χ0n) is 10.7. The van der Waals surface area contributed by atoms with E-state index in [0.717, 1.165) is 6.54 Å². The van der Waals surface area contributed by atoms with E-state index in [1.54, 1.807) is 4.88 Å². The van der Waals surface area contributed by atoms with Gasteiger partial charge in [0.25, 0.3) is 0 Å². The molecule has 90 valence electrons. The Labute approximate surface area is 103 Å². The van der Waals surface area contributed by atoms with Gasteiger partial charge in [-0.15, -0.1) is 11.3 Å². The van der Waals surface area contributed by atoms with Gasteiger partial charge in [-0.25, -0.2) is 0 Å². The van der Waals surface area contributed by atoms with E-state index in [2.05, 4.69) is 38.2 Å². The van der Waals surface area contributed by atoms with E-state index in [-0.39, 0.29) is 0 Å². The molecule has 0 saturated heterocycles. The highest BCUT2D eigenvalue weighted by atomic mass is 32.1. The van der Waals surface area contributed by atoms with Crippen molar-refractivity contribution >= 4 is 11.3 Å². The zero-order chi connectivity index (χ0) is 11.6. The first-order valence-electron chi connectivity index (χ1n) is 6.49. The van der Waals surface area contributed by atoms with Crippen molar-refractivity contribution in [2.75, 3.05) is 6.54 Å². The minimum absolute atomic E-state index is 0.576. The zero-order valence-corrected chi connectivity index (χ0v) is 11.5. The second-order valence-corrected chi connectivity index (χ2v) is 6.44. The Balaban J connectivity index is 1.99. The van der Waals surface area contributed by atoms with Crippen LogP contribution in [0.25, 0.3) is 0 Å². The number of thiophene rings is 1. The molecule has 1 atom stereocenters. The minimum atomic E-state index is 0.576. The van der Waals surface area contributed by atoms with Crippen molar-refractivity contribution in [1.29, 1.82) is 0 Å². The first-order chi connectivity index (χ1) is 7.68.